The molecule has 6 nitrogen and oxygen atoms in total. The maximum absolute atomic E-state index is 5.50. The Hall–Kier alpha value is -2.57. The SMILES string of the molecule is c1ccc(Cc2nc([C@H](c3cccnc3)N3CCOCC3)n[nH]2)cc1. The molecule has 2 aromatic heterocycles. The molecule has 0 saturated carbocycles. The Bertz CT molecular complexity index is 784. The fourth-order valence-electron chi connectivity index (χ4n) is 3.20. The van der Waals surface area contributed by atoms with Crippen molar-refractivity contribution in [1.29, 1.82) is 0 Å². The molecule has 0 spiro atoms. The second kappa shape index (κ2) is 7.55. The van der Waals surface area contributed by atoms with Gasteiger partial charge in [0.15, 0.2) is 5.82 Å². The van der Waals surface area contributed by atoms with Crippen LogP contribution < -0.4 is 0 Å². The third kappa shape index (κ3) is 3.75. The van der Waals surface area contributed by atoms with Crippen LogP contribution in [0.5, 0.6) is 0 Å². The number of nitrogens with one attached hydrogen (secondary N) is 1. The van der Waals surface area contributed by atoms with E-state index in [1.165, 1.54) is 5.56 Å². The van der Waals surface area contributed by atoms with Gasteiger partial charge in [-0.1, -0.05) is 36.4 Å². The fraction of sp³-hybridized carbons (Fsp3) is 0.316. The molecule has 3 aromatic rings. The van der Waals surface area contributed by atoms with E-state index in [0.717, 1.165) is 49.9 Å². The van der Waals surface area contributed by atoms with E-state index in [-0.39, 0.29) is 6.04 Å². The van der Waals surface area contributed by atoms with Gasteiger partial charge in [-0.05, 0) is 17.2 Å². The van der Waals surface area contributed by atoms with E-state index in [4.69, 9.17) is 9.72 Å². The van der Waals surface area contributed by atoms with Crippen molar-refractivity contribution in [3.63, 3.8) is 0 Å². The lowest BCUT2D eigenvalue weighted by Crippen LogP contribution is -2.40. The molecule has 3 heterocycles. The van der Waals surface area contributed by atoms with Crippen molar-refractivity contribution in [1.82, 2.24) is 25.1 Å². The Morgan fingerprint density at radius 1 is 1.08 bits per heavy atom. The summed E-state index contributed by atoms with van der Waals surface area (Å²) in [7, 11) is 0. The van der Waals surface area contributed by atoms with Crippen molar-refractivity contribution < 1.29 is 4.74 Å². The molecule has 0 radical (unpaired) electrons. The zero-order valence-electron chi connectivity index (χ0n) is 14.0. The maximum atomic E-state index is 5.50. The summed E-state index contributed by atoms with van der Waals surface area (Å²) in [6.07, 6.45) is 4.43. The molecule has 1 atom stereocenters. The Morgan fingerprint density at radius 3 is 2.68 bits per heavy atom. The minimum Gasteiger partial charge on any atom is -0.379 e. The van der Waals surface area contributed by atoms with E-state index in [2.05, 4.69) is 38.3 Å². The van der Waals surface area contributed by atoms with Gasteiger partial charge in [0.2, 0.25) is 0 Å². The predicted octanol–water partition coefficient (Wildman–Crippen LogP) is 2.21. The molecule has 128 valence electrons. The fourth-order valence-corrected chi connectivity index (χ4v) is 3.20. The Kier molecular flexibility index (Phi) is 4.81. The summed E-state index contributed by atoms with van der Waals surface area (Å²) in [5, 5.41) is 7.62. The first-order chi connectivity index (χ1) is 12.4. The lowest BCUT2D eigenvalue weighted by Gasteiger charge is -2.32. The van der Waals surface area contributed by atoms with Crippen LogP contribution in [-0.2, 0) is 11.2 Å². The van der Waals surface area contributed by atoms with Crippen LogP contribution in [0, 0.1) is 0 Å². The van der Waals surface area contributed by atoms with Crippen LogP contribution in [0.25, 0.3) is 0 Å². The first-order valence-electron chi connectivity index (χ1n) is 8.57. The molecule has 4 rings (SSSR count). The monoisotopic (exact) mass is 335 g/mol. The van der Waals surface area contributed by atoms with Gasteiger partial charge in [0.1, 0.15) is 5.82 Å². The van der Waals surface area contributed by atoms with Gasteiger partial charge < -0.3 is 4.74 Å². The number of aromatic nitrogens is 4. The number of morpholine rings is 1. The molecule has 1 aliphatic rings. The van der Waals surface area contributed by atoms with Crippen molar-refractivity contribution in [2.75, 3.05) is 26.3 Å². The smallest absolute Gasteiger partial charge is 0.172 e. The maximum Gasteiger partial charge on any atom is 0.172 e. The quantitative estimate of drug-likeness (QED) is 0.774. The van der Waals surface area contributed by atoms with E-state index in [9.17, 15) is 0 Å². The highest BCUT2D eigenvalue weighted by atomic mass is 16.5. The summed E-state index contributed by atoms with van der Waals surface area (Å²) >= 11 is 0. The summed E-state index contributed by atoms with van der Waals surface area (Å²) in [4.78, 5) is 11.4. The summed E-state index contributed by atoms with van der Waals surface area (Å²) in [6.45, 7) is 3.19. The Labute approximate surface area is 146 Å². The number of benzene rings is 1. The molecule has 25 heavy (non-hydrogen) atoms. The van der Waals surface area contributed by atoms with Crippen molar-refractivity contribution >= 4 is 0 Å². The van der Waals surface area contributed by atoms with Crippen LogP contribution in [0.1, 0.15) is 28.8 Å². The van der Waals surface area contributed by atoms with Crippen LogP contribution in [0.15, 0.2) is 54.9 Å². The molecule has 1 saturated heterocycles. The third-order valence-corrected chi connectivity index (χ3v) is 4.42. The summed E-state index contributed by atoms with van der Waals surface area (Å²) < 4.78 is 5.50. The molecular weight excluding hydrogens is 314 g/mol. The van der Waals surface area contributed by atoms with Crippen LogP contribution in [0.4, 0.5) is 0 Å². The normalized spacial score (nSPS) is 16.6. The van der Waals surface area contributed by atoms with E-state index in [1.807, 2.05) is 30.5 Å². The highest BCUT2D eigenvalue weighted by Crippen LogP contribution is 2.26. The molecule has 0 amide bonds. The molecule has 1 fully saturated rings. The number of aromatic amines is 1. The van der Waals surface area contributed by atoms with Crippen LogP contribution in [0.3, 0.4) is 0 Å². The Morgan fingerprint density at radius 2 is 1.92 bits per heavy atom. The van der Waals surface area contributed by atoms with Crippen LogP contribution >= 0.6 is 0 Å². The zero-order valence-corrected chi connectivity index (χ0v) is 14.0. The second-order valence-corrected chi connectivity index (χ2v) is 6.14. The van der Waals surface area contributed by atoms with Gasteiger partial charge in [-0.15, -0.1) is 0 Å². The van der Waals surface area contributed by atoms with Crippen molar-refractivity contribution in [3.8, 4) is 0 Å². The number of hydrogen-bond acceptors (Lipinski definition) is 5. The van der Waals surface area contributed by atoms with E-state index < -0.39 is 0 Å². The molecule has 6 heteroatoms. The largest absolute Gasteiger partial charge is 0.379 e. The molecule has 0 bridgehead atoms. The topological polar surface area (TPSA) is 66.9 Å². The minimum absolute atomic E-state index is 0.00151. The van der Waals surface area contributed by atoms with Gasteiger partial charge in [-0.2, -0.15) is 5.10 Å². The van der Waals surface area contributed by atoms with E-state index in [1.54, 1.807) is 6.20 Å². The van der Waals surface area contributed by atoms with Gasteiger partial charge in [0.05, 0.1) is 19.3 Å². The Balaban J connectivity index is 1.61. The number of H-pyrrole nitrogens is 1. The van der Waals surface area contributed by atoms with Crippen molar-refractivity contribution in [2.45, 2.75) is 12.5 Å². The first kappa shape index (κ1) is 15.9. The van der Waals surface area contributed by atoms with Crippen LogP contribution in [-0.4, -0.2) is 51.4 Å². The summed E-state index contributed by atoms with van der Waals surface area (Å²) in [5.41, 5.74) is 2.32. The average molecular weight is 335 g/mol. The van der Waals surface area contributed by atoms with Gasteiger partial charge in [0.25, 0.3) is 0 Å². The number of nitrogens with zero attached hydrogens (tertiary/aromatic N) is 4. The predicted molar refractivity (Wildman–Crippen MR) is 94.1 cm³/mol. The highest BCUT2D eigenvalue weighted by molar-refractivity contribution is 5.23. The minimum atomic E-state index is -0.00151. The van der Waals surface area contributed by atoms with Crippen LogP contribution in [0.2, 0.25) is 0 Å². The standard InChI is InChI=1S/C19H21N5O/c1-2-5-15(6-3-1)13-17-21-19(23-22-17)18(16-7-4-8-20-14-16)24-9-11-25-12-10-24/h1-8,14,18H,9-13H2,(H,21,22,23)/t18-/m0/s1. The van der Waals surface area contributed by atoms with Gasteiger partial charge in [-0.25, -0.2) is 4.98 Å². The zero-order chi connectivity index (χ0) is 16.9. The van der Waals surface area contributed by atoms with E-state index >= 15 is 0 Å². The molecule has 1 N–H and O–H groups in total. The van der Waals surface area contributed by atoms with Gasteiger partial charge in [-0.3, -0.25) is 15.0 Å². The molecule has 1 aliphatic heterocycles. The molecular formula is C19H21N5O. The van der Waals surface area contributed by atoms with Gasteiger partial charge >= 0.3 is 0 Å². The molecule has 0 aliphatic carbocycles. The van der Waals surface area contributed by atoms with Crippen molar-refractivity contribution in [2.24, 2.45) is 0 Å². The number of hydrogen-bond donors (Lipinski definition) is 1. The van der Waals surface area contributed by atoms with E-state index in [0.29, 0.717) is 0 Å². The number of ether oxygens (including phenoxy) is 1. The first-order valence-corrected chi connectivity index (χ1v) is 8.57. The van der Waals surface area contributed by atoms with Gasteiger partial charge in [0, 0.05) is 31.9 Å². The lowest BCUT2D eigenvalue weighted by atomic mass is 10.1. The molecule has 1 aromatic carbocycles. The second-order valence-electron chi connectivity index (χ2n) is 6.14. The molecule has 0 unspecified atom stereocenters. The number of pyridine rings is 1. The lowest BCUT2D eigenvalue weighted by molar-refractivity contribution is 0.0224. The van der Waals surface area contributed by atoms with Crippen molar-refractivity contribution in [3.05, 3.63) is 77.6 Å². The summed E-state index contributed by atoms with van der Waals surface area (Å²) in [5.74, 6) is 1.67. The summed E-state index contributed by atoms with van der Waals surface area (Å²) in [6, 6.07) is 14.3. The highest BCUT2D eigenvalue weighted by Gasteiger charge is 2.27. The average Bonchev–Trinajstić information content (AvgIpc) is 3.12. The third-order valence-electron chi connectivity index (χ3n) is 4.42. The number of rotatable bonds is 5.